The third-order valence-electron chi connectivity index (χ3n) is 5.57. The molecule has 0 aliphatic heterocycles. The van der Waals surface area contributed by atoms with Crippen molar-refractivity contribution >= 4 is 11.9 Å². The molecular formula is C22H40O4. The molecule has 1 rings (SSSR count). The van der Waals surface area contributed by atoms with Crippen molar-refractivity contribution in [3.05, 3.63) is 0 Å². The normalized spacial score (nSPS) is 22.2. The first-order chi connectivity index (χ1) is 12.2. The maximum absolute atomic E-state index is 13.2. The zero-order chi connectivity index (χ0) is 19.9. The van der Waals surface area contributed by atoms with Gasteiger partial charge in [-0.2, -0.15) is 0 Å². The van der Waals surface area contributed by atoms with E-state index in [9.17, 15) is 9.59 Å². The molecule has 26 heavy (non-hydrogen) atoms. The van der Waals surface area contributed by atoms with E-state index in [1.54, 1.807) is 0 Å². The first kappa shape index (κ1) is 23.0. The number of esters is 2. The van der Waals surface area contributed by atoms with Crippen LogP contribution in [0.1, 0.15) is 80.6 Å². The van der Waals surface area contributed by atoms with E-state index in [0.29, 0.717) is 31.5 Å². The van der Waals surface area contributed by atoms with Crippen LogP contribution in [0.4, 0.5) is 0 Å². The molecule has 0 radical (unpaired) electrons. The number of hydrogen-bond donors (Lipinski definition) is 0. The van der Waals surface area contributed by atoms with Gasteiger partial charge in [-0.25, -0.2) is 0 Å². The first-order valence-electron chi connectivity index (χ1n) is 10.5. The minimum absolute atomic E-state index is 0.0155. The van der Waals surface area contributed by atoms with Crippen molar-refractivity contribution in [3.63, 3.8) is 0 Å². The Labute approximate surface area is 160 Å². The largest absolute Gasteiger partial charge is 0.465 e. The third-order valence-corrected chi connectivity index (χ3v) is 5.57. The molecule has 4 heteroatoms. The molecule has 0 aromatic rings. The number of carbonyl (C=O) groups excluding carboxylic acids is 2. The standard InChI is InChI=1S/C22H40O4/c1-8-9-10-19-18(17(6)7)11-12-22(19,20(23)25-13-15(2)3)21(24)26-14-16(4)5/h15-19H,8-14H2,1-7H3. The van der Waals surface area contributed by atoms with E-state index < -0.39 is 5.41 Å². The van der Waals surface area contributed by atoms with Crippen LogP contribution in [0.15, 0.2) is 0 Å². The van der Waals surface area contributed by atoms with Crippen LogP contribution >= 0.6 is 0 Å². The highest BCUT2D eigenvalue weighted by molar-refractivity contribution is 6.01. The smallest absolute Gasteiger partial charge is 0.323 e. The van der Waals surface area contributed by atoms with Crippen LogP contribution < -0.4 is 0 Å². The van der Waals surface area contributed by atoms with E-state index in [2.05, 4.69) is 20.8 Å². The van der Waals surface area contributed by atoms with E-state index in [-0.39, 0.29) is 29.7 Å². The average molecular weight is 369 g/mol. The van der Waals surface area contributed by atoms with Crippen LogP contribution in [0.3, 0.4) is 0 Å². The molecule has 1 fully saturated rings. The van der Waals surface area contributed by atoms with Crippen molar-refractivity contribution in [2.75, 3.05) is 13.2 Å². The van der Waals surface area contributed by atoms with Crippen molar-refractivity contribution in [2.24, 2.45) is 35.0 Å². The summed E-state index contributed by atoms with van der Waals surface area (Å²) in [6.45, 7) is 15.3. The number of ether oxygens (including phenoxy) is 2. The van der Waals surface area contributed by atoms with E-state index in [4.69, 9.17) is 9.47 Å². The van der Waals surface area contributed by atoms with Crippen LogP contribution in [0.5, 0.6) is 0 Å². The number of hydrogen-bond acceptors (Lipinski definition) is 4. The minimum Gasteiger partial charge on any atom is -0.465 e. The molecule has 0 N–H and O–H groups in total. The van der Waals surface area contributed by atoms with Crippen molar-refractivity contribution in [1.82, 2.24) is 0 Å². The second kappa shape index (κ2) is 10.3. The van der Waals surface area contributed by atoms with Gasteiger partial charge < -0.3 is 9.47 Å². The molecule has 2 unspecified atom stereocenters. The summed E-state index contributed by atoms with van der Waals surface area (Å²) in [6, 6.07) is 0. The highest BCUT2D eigenvalue weighted by Gasteiger charge is 2.60. The molecular weight excluding hydrogens is 328 g/mol. The van der Waals surface area contributed by atoms with Crippen molar-refractivity contribution in [3.8, 4) is 0 Å². The maximum Gasteiger partial charge on any atom is 0.323 e. The van der Waals surface area contributed by atoms with E-state index in [1.165, 1.54) is 0 Å². The first-order valence-corrected chi connectivity index (χ1v) is 10.5. The van der Waals surface area contributed by atoms with Gasteiger partial charge >= 0.3 is 11.9 Å². The average Bonchev–Trinajstić information content (AvgIpc) is 2.96. The number of carbonyl (C=O) groups is 2. The molecule has 0 aromatic carbocycles. The molecule has 1 saturated carbocycles. The van der Waals surface area contributed by atoms with Crippen LogP contribution in [0.25, 0.3) is 0 Å². The van der Waals surface area contributed by atoms with Crippen LogP contribution in [-0.2, 0) is 19.1 Å². The Kier molecular flexibility index (Phi) is 9.12. The molecule has 0 heterocycles. The van der Waals surface area contributed by atoms with E-state index >= 15 is 0 Å². The molecule has 2 atom stereocenters. The molecule has 152 valence electrons. The lowest BCUT2D eigenvalue weighted by Crippen LogP contribution is -2.47. The second-order valence-corrected chi connectivity index (χ2v) is 9.15. The van der Waals surface area contributed by atoms with Gasteiger partial charge in [0, 0.05) is 0 Å². The highest BCUT2D eigenvalue weighted by Crippen LogP contribution is 2.53. The van der Waals surface area contributed by atoms with Crippen molar-refractivity contribution in [2.45, 2.75) is 80.6 Å². The summed E-state index contributed by atoms with van der Waals surface area (Å²) in [6.07, 6.45) is 4.40. The third kappa shape index (κ3) is 5.47. The second-order valence-electron chi connectivity index (χ2n) is 9.15. The molecule has 0 amide bonds. The summed E-state index contributed by atoms with van der Waals surface area (Å²) in [5, 5.41) is 0. The fraction of sp³-hybridized carbons (Fsp3) is 0.909. The quantitative estimate of drug-likeness (QED) is 0.391. The lowest BCUT2D eigenvalue weighted by Gasteiger charge is -2.35. The molecule has 0 saturated heterocycles. The Morgan fingerprint density at radius 1 is 0.962 bits per heavy atom. The SMILES string of the molecule is CCCCC1C(C(C)C)CCC1(C(=O)OCC(C)C)C(=O)OCC(C)C. The van der Waals surface area contributed by atoms with Crippen molar-refractivity contribution < 1.29 is 19.1 Å². The van der Waals surface area contributed by atoms with E-state index in [1.807, 2.05) is 27.7 Å². The Morgan fingerprint density at radius 3 is 1.85 bits per heavy atom. The van der Waals surface area contributed by atoms with Crippen molar-refractivity contribution in [1.29, 1.82) is 0 Å². The summed E-state index contributed by atoms with van der Waals surface area (Å²) in [4.78, 5) is 26.4. The molecule has 1 aliphatic rings. The number of rotatable bonds is 10. The minimum atomic E-state index is -1.12. The van der Waals surface area contributed by atoms with Crippen LogP contribution in [-0.4, -0.2) is 25.2 Å². The predicted molar refractivity (Wildman–Crippen MR) is 105 cm³/mol. The van der Waals surface area contributed by atoms with Crippen LogP contribution in [0, 0.1) is 35.0 Å². The summed E-state index contributed by atoms with van der Waals surface area (Å²) in [5.74, 6) is 0.600. The molecule has 0 aromatic heterocycles. The van der Waals surface area contributed by atoms with Gasteiger partial charge in [-0.15, -0.1) is 0 Å². The summed E-state index contributed by atoms with van der Waals surface area (Å²) < 4.78 is 11.2. The van der Waals surface area contributed by atoms with Crippen LogP contribution in [0.2, 0.25) is 0 Å². The lowest BCUT2D eigenvalue weighted by atomic mass is 9.70. The fourth-order valence-corrected chi connectivity index (χ4v) is 4.16. The van der Waals surface area contributed by atoms with Gasteiger partial charge in [-0.05, 0) is 48.9 Å². The Bertz CT molecular complexity index is 429. The van der Waals surface area contributed by atoms with Gasteiger partial charge in [0.1, 0.15) is 0 Å². The highest BCUT2D eigenvalue weighted by atomic mass is 16.6. The summed E-state index contributed by atoms with van der Waals surface area (Å²) >= 11 is 0. The Balaban J connectivity index is 3.18. The fourth-order valence-electron chi connectivity index (χ4n) is 4.16. The predicted octanol–water partition coefficient (Wildman–Crippen LogP) is 5.24. The van der Waals surface area contributed by atoms with Gasteiger partial charge in [0.15, 0.2) is 5.41 Å². The zero-order valence-electron chi connectivity index (χ0n) is 18.0. The molecule has 4 nitrogen and oxygen atoms in total. The Morgan fingerprint density at radius 2 is 1.46 bits per heavy atom. The maximum atomic E-state index is 13.2. The summed E-state index contributed by atoms with van der Waals surface area (Å²) in [5.41, 5.74) is -1.12. The molecule has 0 spiro atoms. The van der Waals surface area contributed by atoms with Gasteiger partial charge in [-0.1, -0.05) is 61.3 Å². The van der Waals surface area contributed by atoms with E-state index in [0.717, 1.165) is 25.7 Å². The van der Waals surface area contributed by atoms with Gasteiger partial charge in [-0.3, -0.25) is 9.59 Å². The molecule has 0 bridgehead atoms. The lowest BCUT2D eigenvalue weighted by molar-refractivity contribution is -0.178. The number of unbranched alkanes of at least 4 members (excludes halogenated alkanes) is 1. The monoisotopic (exact) mass is 368 g/mol. The van der Waals surface area contributed by atoms with Gasteiger partial charge in [0.25, 0.3) is 0 Å². The topological polar surface area (TPSA) is 52.6 Å². The molecule has 1 aliphatic carbocycles. The van der Waals surface area contributed by atoms with Gasteiger partial charge in [0.05, 0.1) is 13.2 Å². The zero-order valence-corrected chi connectivity index (χ0v) is 18.0. The summed E-state index contributed by atoms with van der Waals surface area (Å²) in [7, 11) is 0. The Hall–Kier alpha value is -1.06. The van der Waals surface area contributed by atoms with Gasteiger partial charge in [0.2, 0.25) is 0 Å².